The predicted molar refractivity (Wildman–Crippen MR) is 111 cm³/mol. The first-order chi connectivity index (χ1) is 14.1. The molecule has 0 amide bonds. The maximum absolute atomic E-state index is 13.5. The van der Waals surface area contributed by atoms with Gasteiger partial charge in [-0.25, -0.2) is 13.8 Å². The van der Waals surface area contributed by atoms with Crippen LogP contribution in [0.3, 0.4) is 0 Å². The third kappa shape index (κ3) is 4.91. The number of benzene rings is 2. The van der Waals surface area contributed by atoms with Crippen molar-refractivity contribution in [1.82, 2.24) is 14.5 Å². The van der Waals surface area contributed by atoms with Gasteiger partial charge in [0.1, 0.15) is 5.82 Å². The Labute approximate surface area is 171 Å². The summed E-state index contributed by atoms with van der Waals surface area (Å²) < 4.78 is 29.0. The largest absolute Gasteiger partial charge is 0.328 e. The Morgan fingerprint density at radius 2 is 1.83 bits per heavy atom. The second-order valence-corrected chi connectivity index (χ2v) is 8.08. The number of aryl methyl sites for hydroxylation is 1. The zero-order chi connectivity index (χ0) is 20.2. The highest BCUT2D eigenvalue weighted by molar-refractivity contribution is 5.19. The number of aromatic nitrogens is 2. The number of hydrogen-bond acceptors (Lipinski definition) is 2. The zero-order valence-electron chi connectivity index (χ0n) is 16.8. The molecule has 0 bridgehead atoms. The Hall–Kier alpha value is -2.53. The monoisotopic (exact) mass is 395 g/mol. The van der Waals surface area contributed by atoms with Crippen LogP contribution in [0.15, 0.2) is 54.7 Å². The molecule has 1 unspecified atom stereocenters. The molecule has 0 radical (unpaired) electrons. The van der Waals surface area contributed by atoms with Gasteiger partial charge in [0.15, 0.2) is 11.6 Å². The van der Waals surface area contributed by atoms with E-state index in [4.69, 9.17) is 0 Å². The molecule has 0 N–H and O–H groups in total. The van der Waals surface area contributed by atoms with Crippen LogP contribution >= 0.6 is 0 Å². The highest BCUT2D eigenvalue weighted by Crippen LogP contribution is 2.23. The molecule has 1 aliphatic rings. The Morgan fingerprint density at radius 1 is 1.00 bits per heavy atom. The van der Waals surface area contributed by atoms with Crippen molar-refractivity contribution in [2.45, 2.75) is 39.3 Å². The Balaban J connectivity index is 1.41. The van der Waals surface area contributed by atoms with Gasteiger partial charge >= 0.3 is 0 Å². The molecular weight excluding hydrogens is 368 g/mol. The Kier molecular flexibility index (Phi) is 6.05. The highest BCUT2D eigenvalue weighted by Gasteiger charge is 2.22. The Morgan fingerprint density at radius 3 is 2.62 bits per heavy atom. The number of hydrogen-bond donors (Lipinski definition) is 0. The second-order valence-electron chi connectivity index (χ2n) is 8.08. The van der Waals surface area contributed by atoms with Gasteiger partial charge in [0.25, 0.3) is 0 Å². The van der Waals surface area contributed by atoms with E-state index in [9.17, 15) is 8.78 Å². The molecule has 5 heteroatoms. The lowest BCUT2D eigenvalue weighted by Gasteiger charge is -2.32. The molecule has 3 aromatic rings. The molecule has 2 aromatic carbocycles. The van der Waals surface area contributed by atoms with Crippen LogP contribution in [0.1, 0.15) is 35.5 Å². The van der Waals surface area contributed by atoms with E-state index in [-0.39, 0.29) is 0 Å². The van der Waals surface area contributed by atoms with Crippen molar-refractivity contribution in [2.24, 2.45) is 5.92 Å². The molecule has 4 rings (SSSR count). The molecule has 0 aliphatic carbocycles. The smallest absolute Gasteiger partial charge is 0.159 e. The minimum Gasteiger partial charge on any atom is -0.328 e. The van der Waals surface area contributed by atoms with Crippen molar-refractivity contribution >= 4 is 0 Å². The van der Waals surface area contributed by atoms with Gasteiger partial charge in [-0.2, -0.15) is 0 Å². The summed E-state index contributed by atoms with van der Waals surface area (Å²) in [5.41, 5.74) is 3.28. The lowest BCUT2D eigenvalue weighted by Crippen LogP contribution is -2.36. The van der Waals surface area contributed by atoms with Crippen molar-refractivity contribution in [3.8, 4) is 0 Å². The average molecular weight is 395 g/mol. The van der Waals surface area contributed by atoms with Crippen molar-refractivity contribution in [3.05, 3.63) is 89.0 Å². The van der Waals surface area contributed by atoms with Gasteiger partial charge < -0.3 is 4.57 Å². The van der Waals surface area contributed by atoms with E-state index >= 15 is 0 Å². The average Bonchev–Trinajstić information content (AvgIpc) is 3.05. The van der Waals surface area contributed by atoms with Crippen LogP contribution in [-0.2, 0) is 19.5 Å². The van der Waals surface area contributed by atoms with Crippen molar-refractivity contribution in [3.63, 3.8) is 0 Å². The van der Waals surface area contributed by atoms with Crippen LogP contribution in [0.4, 0.5) is 8.78 Å². The van der Waals surface area contributed by atoms with Gasteiger partial charge in [0.2, 0.25) is 0 Å². The normalized spacial score (nSPS) is 17.6. The van der Waals surface area contributed by atoms with Crippen molar-refractivity contribution in [2.75, 3.05) is 13.1 Å². The SMILES string of the molecule is Cc1cnc(CC2CCCN(Cc3ccc(F)c(F)c3)C2)n1Cc1ccccc1. The van der Waals surface area contributed by atoms with Gasteiger partial charge in [0.05, 0.1) is 0 Å². The molecule has 0 saturated carbocycles. The first kappa shape index (κ1) is 19.8. The minimum absolute atomic E-state index is 0.519. The van der Waals surface area contributed by atoms with Crippen LogP contribution in [0.25, 0.3) is 0 Å². The lowest BCUT2D eigenvalue weighted by molar-refractivity contribution is 0.165. The molecule has 1 aliphatic heterocycles. The third-order valence-corrected chi connectivity index (χ3v) is 5.79. The molecule has 3 nitrogen and oxygen atoms in total. The van der Waals surface area contributed by atoms with Gasteiger partial charge in [-0.05, 0) is 55.5 Å². The molecule has 29 heavy (non-hydrogen) atoms. The quantitative estimate of drug-likeness (QED) is 0.587. The van der Waals surface area contributed by atoms with E-state index in [1.165, 1.54) is 29.8 Å². The lowest BCUT2D eigenvalue weighted by atomic mass is 9.94. The summed E-state index contributed by atoms with van der Waals surface area (Å²) in [7, 11) is 0. The molecule has 152 valence electrons. The van der Waals surface area contributed by atoms with Gasteiger partial charge in [-0.3, -0.25) is 4.90 Å². The van der Waals surface area contributed by atoms with E-state index in [0.717, 1.165) is 43.9 Å². The summed E-state index contributed by atoms with van der Waals surface area (Å²) in [6.45, 7) is 5.55. The fourth-order valence-electron chi connectivity index (χ4n) is 4.27. The molecule has 1 saturated heterocycles. The van der Waals surface area contributed by atoms with E-state index in [1.54, 1.807) is 6.07 Å². The molecule has 1 aromatic heterocycles. The topological polar surface area (TPSA) is 21.1 Å². The van der Waals surface area contributed by atoms with Gasteiger partial charge in [0, 0.05) is 37.9 Å². The number of halogens is 2. The summed E-state index contributed by atoms with van der Waals surface area (Å²) >= 11 is 0. The predicted octanol–water partition coefficient (Wildman–Crippen LogP) is 4.97. The van der Waals surface area contributed by atoms with Crippen molar-refractivity contribution < 1.29 is 8.78 Å². The zero-order valence-corrected chi connectivity index (χ0v) is 16.8. The summed E-state index contributed by atoms with van der Waals surface area (Å²) in [5, 5.41) is 0. The fourth-order valence-corrected chi connectivity index (χ4v) is 4.27. The van der Waals surface area contributed by atoms with Crippen LogP contribution in [0.2, 0.25) is 0 Å². The molecule has 2 heterocycles. The van der Waals surface area contributed by atoms with E-state index < -0.39 is 11.6 Å². The van der Waals surface area contributed by atoms with Crippen LogP contribution in [0.5, 0.6) is 0 Å². The van der Waals surface area contributed by atoms with Crippen molar-refractivity contribution in [1.29, 1.82) is 0 Å². The standard InChI is InChI=1S/C24H27F2N3/c1-18-14-27-24(29(18)17-19-6-3-2-4-7-19)13-20-8-5-11-28(15-20)16-21-9-10-22(25)23(26)12-21/h2-4,6-7,9-10,12,14,20H,5,8,11,13,15-17H2,1H3. The molecular formula is C24H27F2N3. The number of piperidine rings is 1. The van der Waals surface area contributed by atoms with Crippen LogP contribution in [0, 0.1) is 24.5 Å². The number of imidazole rings is 1. The van der Waals surface area contributed by atoms with E-state index in [2.05, 4.69) is 45.6 Å². The number of rotatable bonds is 6. The molecule has 0 spiro atoms. The van der Waals surface area contributed by atoms with Crippen LogP contribution in [-0.4, -0.2) is 27.5 Å². The highest BCUT2D eigenvalue weighted by atomic mass is 19.2. The second kappa shape index (κ2) is 8.87. The van der Waals surface area contributed by atoms with Crippen LogP contribution < -0.4 is 0 Å². The van der Waals surface area contributed by atoms with E-state index in [1.807, 2.05) is 12.3 Å². The third-order valence-electron chi connectivity index (χ3n) is 5.79. The molecule has 1 fully saturated rings. The van der Waals surface area contributed by atoms with E-state index in [0.29, 0.717) is 12.5 Å². The fraction of sp³-hybridized carbons (Fsp3) is 0.375. The first-order valence-corrected chi connectivity index (χ1v) is 10.3. The first-order valence-electron chi connectivity index (χ1n) is 10.3. The molecule has 1 atom stereocenters. The summed E-state index contributed by atoms with van der Waals surface area (Å²) in [6, 6.07) is 14.7. The summed E-state index contributed by atoms with van der Waals surface area (Å²) in [4.78, 5) is 7.03. The van der Waals surface area contributed by atoms with Gasteiger partial charge in [-0.15, -0.1) is 0 Å². The Bertz CT molecular complexity index is 952. The number of likely N-dealkylation sites (tertiary alicyclic amines) is 1. The maximum Gasteiger partial charge on any atom is 0.159 e. The summed E-state index contributed by atoms with van der Waals surface area (Å²) in [6.07, 6.45) is 5.19. The summed E-state index contributed by atoms with van der Waals surface area (Å²) in [5.74, 6) is 0.0942. The maximum atomic E-state index is 13.5. The minimum atomic E-state index is -0.786. The van der Waals surface area contributed by atoms with Gasteiger partial charge in [-0.1, -0.05) is 36.4 Å². The number of nitrogens with zero attached hydrogens (tertiary/aromatic N) is 3.